The number of nitro groups is 1. The lowest BCUT2D eigenvalue weighted by molar-refractivity contribution is -0.385. The predicted molar refractivity (Wildman–Crippen MR) is 68.7 cm³/mol. The van der Waals surface area contributed by atoms with Crippen molar-refractivity contribution in [1.82, 2.24) is 4.90 Å². The van der Waals surface area contributed by atoms with Crippen molar-refractivity contribution in [1.29, 1.82) is 0 Å². The maximum atomic E-state index is 11.8. The third-order valence-corrected chi connectivity index (χ3v) is 3.15. The fourth-order valence-corrected chi connectivity index (χ4v) is 2.12. The van der Waals surface area contributed by atoms with Gasteiger partial charge in [0.2, 0.25) is 0 Å². The van der Waals surface area contributed by atoms with E-state index in [9.17, 15) is 14.9 Å². The summed E-state index contributed by atoms with van der Waals surface area (Å²) in [5.41, 5.74) is 0.395. The van der Waals surface area contributed by atoms with Crippen LogP contribution in [0, 0.1) is 10.1 Å². The van der Waals surface area contributed by atoms with E-state index in [1.54, 1.807) is 23.1 Å². The van der Waals surface area contributed by atoms with Crippen LogP contribution in [0.3, 0.4) is 0 Å². The van der Waals surface area contributed by atoms with Crippen LogP contribution in [-0.4, -0.2) is 29.0 Å². The molecule has 1 fully saturated rings. The van der Waals surface area contributed by atoms with E-state index in [4.69, 9.17) is 4.74 Å². The van der Waals surface area contributed by atoms with Crippen LogP contribution < -0.4 is 0 Å². The fraction of sp³-hybridized carbons (Fsp3) is 0.462. The molecule has 0 aliphatic carbocycles. The summed E-state index contributed by atoms with van der Waals surface area (Å²) in [4.78, 5) is 23.8. The van der Waals surface area contributed by atoms with Crippen molar-refractivity contribution in [2.75, 3.05) is 13.1 Å². The second-order valence-corrected chi connectivity index (χ2v) is 4.49. The average molecular weight is 264 g/mol. The molecule has 1 aromatic carbocycles. The van der Waals surface area contributed by atoms with Gasteiger partial charge in [-0.25, -0.2) is 4.79 Å². The number of nitro benzene ring substituents is 1. The molecule has 6 heteroatoms. The van der Waals surface area contributed by atoms with Crippen molar-refractivity contribution in [3.05, 3.63) is 39.9 Å². The number of hydrogen-bond acceptors (Lipinski definition) is 4. The highest BCUT2D eigenvalue weighted by Crippen LogP contribution is 2.19. The van der Waals surface area contributed by atoms with Gasteiger partial charge in [0.15, 0.2) is 0 Å². The molecule has 6 nitrogen and oxygen atoms in total. The molecule has 0 radical (unpaired) electrons. The van der Waals surface area contributed by atoms with Gasteiger partial charge in [-0.3, -0.25) is 10.1 Å². The van der Waals surface area contributed by atoms with Gasteiger partial charge >= 0.3 is 6.09 Å². The lowest BCUT2D eigenvalue weighted by Crippen LogP contribution is -2.35. The molecule has 0 spiro atoms. The highest BCUT2D eigenvalue weighted by Gasteiger charge is 2.19. The van der Waals surface area contributed by atoms with E-state index < -0.39 is 11.0 Å². The molecule has 0 bridgehead atoms. The molecule has 1 aliphatic heterocycles. The van der Waals surface area contributed by atoms with Gasteiger partial charge in [0, 0.05) is 19.2 Å². The molecule has 19 heavy (non-hydrogen) atoms. The number of para-hydroxylation sites is 1. The average Bonchev–Trinajstić information content (AvgIpc) is 2.46. The SMILES string of the molecule is O=C(OCc1ccccc1[N+](=O)[O-])N1CCCCC1. The molecule has 0 N–H and O–H groups in total. The number of piperidine rings is 1. The van der Waals surface area contributed by atoms with Gasteiger partial charge in [0.25, 0.3) is 5.69 Å². The van der Waals surface area contributed by atoms with Crippen LogP contribution in [-0.2, 0) is 11.3 Å². The first kappa shape index (κ1) is 13.3. The summed E-state index contributed by atoms with van der Waals surface area (Å²) in [7, 11) is 0. The minimum Gasteiger partial charge on any atom is -0.444 e. The summed E-state index contributed by atoms with van der Waals surface area (Å²) in [6, 6.07) is 6.29. The van der Waals surface area contributed by atoms with Crippen LogP contribution in [0.2, 0.25) is 0 Å². The maximum Gasteiger partial charge on any atom is 0.410 e. The van der Waals surface area contributed by atoms with Gasteiger partial charge < -0.3 is 9.64 Å². The van der Waals surface area contributed by atoms with E-state index in [1.807, 2.05) is 0 Å². The fourth-order valence-electron chi connectivity index (χ4n) is 2.12. The van der Waals surface area contributed by atoms with Crippen molar-refractivity contribution in [3.8, 4) is 0 Å². The molecule has 102 valence electrons. The largest absolute Gasteiger partial charge is 0.444 e. The van der Waals surface area contributed by atoms with Crippen LogP contribution in [0.5, 0.6) is 0 Å². The number of ether oxygens (including phenoxy) is 1. The maximum absolute atomic E-state index is 11.8. The van der Waals surface area contributed by atoms with Crippen LogP contribution in [0.4, 0.5) is 10.5 Å². The number of rotatable bonds is 3. The summed E-state index contributed by atoms with van der Waals surface area (Å²) in [5, 5.41) is 10.8. The minimum atomic E-state index is -0.468. The first-order valence-electron chi connectivity index (χ1n) is 6.32. The van der Waals surface area contributed by atoms with E-state index in [0.29, 0.717) is 18.7 Å². The Morgan fingerprint density at radius 3 is 2.63 bits per heavy atom. The van der Waals surface area contributed by atoms with Gasteiger partial charge in [0.05, 0.1) is 10.5 Å². The monoisotopic (exact) mass is 264 g/mol. The van der Waals surface area contributed by atoms with Gasteiger partial charge in [-0.1, -0.05) is 12.1 Å². The van der Waals surface area contributed by atoms with Gasteiger partial charge in [-0.2, -0.15) is 0 Å². The van der Waals surface area contributed by atoms with Crippen LogP contribution >= 0.6 is 0 Å². The van der Waals surface area contributed by atoms with E-state index in [0.717, 1.165) is 19.3 Å². The summed E-state index contributed by atoms with van der Waals surface area (Å²) in [6.07, 6.45) is 2.72. The number of hydrogen-bond donors (Lipinski definition) is 0. The van der Waals surface area contributed by atoms with Crippen molar-refractivity contribution in [3.63, 3.8) is 0 Å². The molecule has 0 aromatic heterocycles. The smallest absolute Gasteiger partial charge is 0.410 e. The highest BCUT2D eigenvalue weighted by atomic mass is 16.6. The van der Waals surface area contributed by atoms with Gasteiger partial charge in [-0.05, 0) is 25.3 Å². The zero-order valence-corrected chi connectivity index (χ0v) is 10.6. The number of benzene rings is 1. The van der Waals surface area contributed by atoms with Gasteiger partial charge in [0.1, 0.15) is 6.61 Å². The Morgan fingerprint density at radius 2 is 1.95 bits per heavy atom. The molecular weight excluding hydrogens is 248 g/mol. The number of carbonyl (C=O) groups is 1. The molecule has 2 rings (SSSR count). The Bertz CT molecular complexity index is 469. The Hall–Kier alpha value is -2.11. The highest BCUT2D eigenvalue weighted by molar-refractivity contribution is 5.67. The quantitative estimate of drug-likeness (QED) is 0.621. The van der Waals surface area contributed by atoms with E-state index in [2.05, 4.69) is 0 Å². The zero-order chi connectivity index (χ0) is 13.7. The second kappa shape index (κ2) is 6.17. The molecular formula is C13H16N2O4. The number of amides is 1. The predicted octanol–water partition coefficient (Wildman–Crippen LogP) is 2.72. The molecule has 1 aromatic rings. The van der Waals surface area contributed by atoms with Crippen molar-refractivity contribution < 1.29 is 14.5 Å². The Morgan fingerprint density at radius 1 is 1.26 bits per heavy atom. The summed E-state index contributed by atoms with van der Waals surface area (Å²) < 4.78 is 5.14. The van der Waals surface area contributed by atoms with Crippen molar-refractivity contribution in [2.45, 2.75) is 25.9 Å². The van der Waals surface area contributed by atoms with Gasteiger partial charge in [-0.15, -0.1) is 0 Å². The Kier molecular flexibility index (Phi) is 4.33. The second-order valence-electron chi connectivity index (χ2n) is 4.49. The third kappa shape index (κ3) is 3.43. The standard InChI is InChI=1S/C13H16N2O4/c16-13(14-8-4-1-5-9-14)19-10-11-6-2-3-7-12(11)15(17)18/h2-3,6-7H,1,4-5,8-10H2. The molecule has 1 aliphatic rings. The topological polar surface area (TPSA) is 72.7 Å². The van der Waals surface area contributed by atoms with Crippen LogP contribution in [0.25, 0.3) is 0 Å². The Labute approximate surface area is 111 Å². The number of carbonyl (C=O) groups excluding carboxylic acids is 1. The Balaban J connectivity index is 1.94. The first-order chi connectivity index (χ1) is 9.18. The molecule has 1 amide bonds. The normalized spacial score (nSPS) is 15.1. The lowest BCUT2D eigenvalue weighted by atomic mass is 10.1. The van der Waals surface area contributed by atoms with E-state index in [-0.39, 0.29) is 12.3 Å². The van der Waals surface area contributed by atoms with Crippen molar-refractivity contribution in [2.24, 2.45) is 0 Å². The molecule has 0 atom stereocenters. The minimum absolute atomic E-state index is 0.0195. The number of nitrogens with zero attached hydrogens (tertiary/aromatic N) is 2. The molecule has 0 unspecified atom stereocenters. The molecule has 1 heterocycles. The molecule has 0 saturated carbocycles. The first-order valence-corrected chi connectivity index (χ1v) is 6.32. The van der Waals surface area contributed by atoms with Crippen LogP contribution in [0.15, 0.2) is 24.3 Å². The van der Waals surface area contributed by atoms with Crippen LogP contribution in [0.1, 0.15) is 24.8 Å². The number of likely N-dealkylation sites (tertiary alicyclic amines) is 1. The summed E-state index contributed by atoms with van der Waals surface area (Å²) in [5.74, 6) is 0. The summed E-state index contributed by atoms with van der Waals surface area (Å²) >= 11 is 0. The third-order valence-electron chi connectivity index (χ3n) is 3.15. The van der Waals surface area contributed by atoms with E-state index >= 15 is 0 Å². The van der Waals surface area contributed by atoms with E-state index in [1.165, 1.54) is 6.07 Å². The van der Waals surface area contributed by atoms with Crippen molar-refractivity contribution >= 4 is 11.8 Å². The zero-order valence-electron chi connectivity index (χ0n) is 10.6. The molecule has 1 saturated heterocycles. The summed E-state index contributed by atoms with van der Waals surface area (Å²) in [6.45, 7) is 1.35. The lowest BCUT2D eigenvalue weighted by Gasteiger charge is -2.25.